The molecular formula is C23H25N3O4. The van der Waals surface area contributed by atoms with Gasteiger partial charge in [-0.3, -0.25) is 9.48 Å². The Bertz CT molecular complexity index is 1130. The fraction of sp³-hybridized carbons (Fsp3) is 0.304. The number of carbonyl (C=O) groups is 1. The summed E-state index contributed by atoms with van der Waals surface area (Å²) in [5.74, 6) is 1.36. The van der Waals surface area contributed by atoms with Gasteiger partial charge in [0.05, 0.1) is 36.9 Å². The van der Waals surface area contributed by atoms with Crippen molar-refractivity contribution in [3.63, 3.8) is 0 Å². The van der Waals surface area contributed by atoms with Crippen molar-refractivity contribution in [2.45, 2.75) is 26.0 Å². The van der Waals surface area contributed by atoms with Gasteiger partial charge in [0.1, 0.15) is 17.1 Å². The van der Waals surface area contributed by atoms with Gasteiger partial charge in [0, 0.05) is 12.5 Å². The third kappa shape index (κ3) is 3.64. The summed E-state index contributed by atoms with van der Waals surface area (Å²) in [6.45, 7) is 5.07. The summed E-state index contributed by atoms with van der Waals surface area (Å²) in [7, 11) is 3.20. The van der Waals surface area contributed by atoms with Gasteiger partial charge in [-0.05, 0) is 50.3 Å². The number of hydrogen-bond donors (Lipinski definition) is 1. The molecule has 2 aromatic carbocycles. The molecule has 0 unspecified atom stereocenters. The van der Waals surface area contributed by atoms with E-state index in [9.17, 15) is 4.79 Å². The fourth-order valence-corrected chi connectivity index (χ4v) is 3.57. The second-order valence-electron chi connectivity index (χ2n) is 7.63. The van der Waals surface area contributed by atoms with Gasteiger partial charge in [0.25, 0.3) is 5.91 Å². The molecule has 4 rings (SSSR count). The van der Waals surface area contributed by atoms with E-state index >= 15 is 0 Å². The number of nitrogens with one attached hydrogen (secondary N) is 1. The molecule has 156 valence electrons. The summed E-state index contributed by atoms with van der Waals surface area (Å²) in [5.41, 5.74) is 1.69. The zero-order valence-corrected chi connectivity index (χ0v) is 17.6. The normalized spacial score (nSPS) is 14.3. The van der Waals surface area contributed by atoms with Gasteiger partial charge in [0.15, 0.2) is 5.82 Å². The second kappa shape index (κ2) is 7.84. The Kier molecular flexibility index (Phi) is 5.22. The van der Waals surface area contributed by atoms with Crippen LogP contribution < -0.4 is 14.8 Å². The van der Waals surface area contributed by atoms with Crippen molar-refractivity contribution >= 4 is 28.7 Å². The third-order valence-electron chi connectivity index (χ3n) is 5.03. The molecule has 3 aromatic rings. The standard InChI is InChI=1S/C23H25N3O4/c1-23(2)12-11-16-19(30-23)10-9-17(20(16)29-4)22(27)24-21-15-7-5-6-8-18(15)26(25-21)13-14-28-3/h5-12H,13-14H2,1-4H3,(H,24,25,27). The van der Waals surface area contributed by atoms with E-state index in [0.717, 1.165) is 16.5 Å². The average molecular weight is 407 g/mol. The van der Waals surface area contributed by atoms with Gasteiger partial charge >= 0.3 is 0 Å². The van der Waals surface area contributed by atoms with Crippen LogP contribution in [-0.2, 0) is 11.3 Å². The van der Waals surface area contributed by atoms with Crippen molar-refractivity contribution < 1.29 is 19.0 Å². The van der Waals surface area contributed by atoms with Crippen LogP contribution in [0, 0.1) is 0 Å². The summed E-state index contributed by atoms with van der Waals surface area (Å²) in [6, 6.07) is 11.3. The van der Waals surface area contributed by atoms with E-state index in [0.29, 0.717) is 36.0 Å². The minimum absolute atomic E-state index is 0.296. The number of ether oxygens (including phenoxy) is 3. The van der Waals surface area contributed by atoms with Crippen molar-refractivity contribution in [1.82, 2.24) is 9.78 Å². The Morgan fingerprint density at radius 2 is 2.00 bits per heavy atom. The van der Waals surface area contributed by atoms with E-state index in [1.807, 2.05) is 54.9 Å². The van der Waals surface area contributed by atoms with Gasteiger partial charge in [-0.2, -0.15) is 5.10 Å². The number of methoxy groups -OCH3 is 2. The lowest BCUT2D eigenvalue weighted by atomic mass is 9.99. The average Bonchev–Trinajstić information content (AvgIpc) is 3.08. The molecule has 7 nitrogen and oxygen atoms in total. The summed E-state index contributed by atoms with van der Waals surface area (Å²) < 4.78 is 18.6. The first-order chi connectivity index (χ1) is 14.4. The summed E-state index contributed by atoms with van der Waals surface area (Å²) in [5, 5.41) is 8.38. The van der Waals surface area contributed by atoms with Crippen LogP contribution in [0.3, 0.4) is 0 Å². The number of rotatable bonds is 6. The van der Waals surface area contributed by atoms with E-state index < -0.39 is 5.60 Å². The van der Waals surface area contributed by atoms with E-state index in [1.165, 1.54) is 0 Å². The molecule has 30 heavy (non-hydrogen) atoms. The third-order valence-corrected chi connectivity index (χ3v) is 5.03. The Morgan fingerprint density at radius 1 is 1.20 bits per heavy atom. The highest BCUT2D eigenvalue weighted by atomic mass is 16.5. The molecule has 0 spiro atoms. The smallest absolute Gasteiger partial charge is 0.260 e. The summed E-state index contributed by atoms with van der Waals surface area (Å²) >= 11 is 0. The number of carbonyl (C=O) groups excluding carboxylic acids is 1. The highest BCUT2D eigenvalue weighted by Gasteiger charge is 2.27. The zero-order valence-electron chi connectivity index (χ0n) is 17.6. The van der Waals surface area contributed by atoms with E-state index in [2.05, 4.69) is 10.4 Å². The van der Waals surface area contributed by atoms with Crippen LogP contribution in [-0.4, -0.2) is 42.1 Å². The molecule has 1 aliphatic rings. The number of aromatic nitrogens is 2. The van der Waals surface area contributed by atoms with Gasteiger partial charge in [0.2, 0.25) is 0 Å². The van der Waals surface area contributed by atoms with Crippen molar-refractivity contribution in [2.24, 2.45) is 0 Å². The Morgan fingerprint density at radius 3 is 2.77 bits per heavy atom. The predicted molar refractivity (Wildman–Crippen MR) is 116 cm³/mol. The maximum absolute atomic E-state index is 13.1. The number of hydrogen-bond acceptors (Lipinski definition) is 5. The lowest BCUT2D eigenvalue weighted by molar-refractivity contribution is 0.102. The van der Waals surface area contributed by atoms with Crippen molar-refractivity contribution in [3.05, 3.63) is 53.6 Å². The number of para-hydroxylation sites is 1. The summed E-state index contributed by atoms with van der Waals surface area (Å²) in [6.07, 6.45) is 3.88. The SMILES string of the molecule is COCCn1nc(NC(=O)c2ccc3c(c2OC)C=CC(C)(C)O3)c2ccccc21. The van der Waals surface area contributed by atoms with E-state index in [-0.39, 0.29) is 5.91 Å². The number of benzene rings is 2. The molecule has 0 bridgehead atoms. The van der Waals surface area contributed by atoms with Crippen LogP contribution in [0.25, 0.3) is 17.0 Å². The Hall–Kier alpha value is -3.32. The Balaban J connectivity index is 1.68. The van der Waals surface area contributed by atoms with Crippen molar-refractivity contribution in [1.29, 1.82) is 0 Å². The molecule has 7 heteroatoms. The number of nitrogens with zero attached hydrogens (tertiary/aromatic N) is 2. The van der Waals surface area contributed by atoms with Crippen LogP contribution in [0.5, 0.6) is 11.5 Å². The first kappa shape index (κ1) is 20.0. The fourth-order valence-electron chi connectivity index (χ4n) is 3.57. The van der Waals surface area contributed by atoms with Crippen LogP contribution in [0.4, 0.5) is 5.82 Å². The first-order valence-corrected chi connectivity index (χ1v) is 9.78. The maximum atomic E-state index is 13.1. The van der Waals surface area contributed by atoms with Crippen LogP contribution in [0.15, 0.2) is 42.5 Å². The molecule has 0 saturated carbocycles. The molecule has 0 aliphatic carbocycles. The van der Waals surface area contributed by atoms with Crippen LogP contribution in [0.1, 0.15) is 29.8 Å². The number of anilines is 1. The van der Waals surface area contributed by atoms with Gasteiger partial charge in [-0.1, -0.05) is 12.1 Å². The number of amides is 1. The number of fused-ring (bicyclic) bond motifs is 2. The first-order valence-electron chi connectivity index (χ1n) is 9.78. The molecule has 0 atom stereocenters. The van der Waals surface area contributed by atoms with Crippen molar-refractivity contribution in [3.8, 4) is 11.5 Å². The van der Waals surface area contributed by atoms with Gasteiger partial charge in [-0.25, -0.2) is 0 Å². The lowest BCUT2D eigenvalue weighted by Gasteiger charge is -2.29. The van der Waals surface area contributed by atoms with Crippen LogP contribution >= 0.6 is 0 Å². The van der Waals surface area contributed by atoms with E-state index in [4.69, 9.17) is 14.2 Å². The molecule has 0 radical (unpaired) electrons. The largest absolute Gasteiger partial charge is 0.495 e. The van der Waals surface area contributed by atoms with Crippen molar-refractivity contribution in [2.75, 3.05) is 26.1 Å². The quantitative estimate of drug-likeness (QED) is 0.665. The Labute approximate surface area is 175 Å². The minimum atomic E-state index is -0.407. The molecule has 0 fully saturated rings. The zero-order chi connectivity index (χ0) is 21.3. The molecule has 2 heterocycles. The highest BCUT2D eigenvalue weighted by Crippen LogP contribution is 2.39. The molecular weight excluding hydrogens is 382 g/mol. The molecule has 1 amide bonds. The lowest BCUT2D eigenvalue weighted by Crippen LogP contribution is -2.28. The summed E-state index contributed by atoms with van der Waals surface area (Å²) in [4.78, 5) is 13.1. The molecule has 0 saturated heterocycles. The van der Waals surface area contributed by atoms with E-state index in [1.54, 1.807) is 26.4 Å². The predicted octanol–water partition coefficient (Wildman–Crippen LogP) is 4.13. The molecule has 1 aliphatic heterocycles. The highest BCUT2D eigenvalue weighted by molar-refractivity contribution is 6.10. The molecule has 1 N–H and O–H groups in total. The topological polar surface area (TPSA) is 74.6 Å². The monoisotopic (exact) mass is 407 g/mol. The van der Waals surface area contributed by atoms with Gasteiger partial charge < -0.3 is 19.5 Å². The molecule has 1 aromatic heterocycles. The van der Waals surface area contributed by atoms with Crippen LogP contribution in [0.2, 0.25) is 0 Å². The maximum Gasteiger partial charge on any atom is 0.260 e. The second-order valence-corrected chi connectivity index (χ2v) is 7.63. The van der Waals surface area contributed by atoms with Gasteiger partial charge in [-0.15, -0.1) is 0 Å². The minimum Gasteiger partial charge on any atom is -0.495 e.